The monoisotopic (exact) mass is 279 g/mol. The maximum Gasteiger partial charge on any atom is 0.274 e. The van der Waals surface area contributed by atoms with E-state index >= 15 is 0 Å². The molecule has 0 aliphatic heterocycles. The van der Waals surface area contributed by atoms with Gasteiger partial charge < -0.3 is 5.32 Å². The van der Waals surface area contributed by atoms with Gasteiger partial charge in [0.2, 0.25) is 0 Å². The Hall–Kier alpha value is -2.62. The minimum Gasteiger partial charge on any atom is -0.321 e. The van der Waals surface area contributed by atoms with Gasteiger partial charge in [0.05, 0.1) is 5.69 Å². The number of amides is 1. The first kappa shape index (κ1) is 13.4. The van der Waals surface area contributed by atoms with Gasteiger partial charge in [0, 0.05) is 11.9 Å². The summed E-state index contributed by atoms with van der Waals surface area (Å²) in [5, 5.41) is 2.94. The molecule has 1 N–H and O–H groups in total. The predicted molar refractivity (Wildman–Crippen MR) is 83.7 cm³/mol. The van der Waals surface area contributed by atoms with E-state index in [1.807, 2.05) is 66.9 Å². The zero-order valence-electron chi connectivity index (χ0n) is 12.1. The Morgan fingerprint density at radius 3 is 2.67 bits per heavy atom. The normalized spacial score (nSPS) is 10.8. The number of hydrogen-bond acceptors (Lipinski definition) is 2. The summed E-state index contributed by atoms with van der Waals surface area (Å²) in [6, 6.07) is 13.5. The average molecular weight is 279 g/mol. The van der Waals surface area contributed by atoms with Gasteiger partial charge in [-0.15, -0.1) is 0 Å². The zero-order chi connectivity index (χ0) is 14.8. The van der Waals surface area contributed by atoms with Crippen LogP contribution in [0.1, 0.15) is 28.7 Å². The van der Waals surface area contributed by atoms with Gasteiger partial charge in [-0.05, 0) is 37.6 Å². The highest BCUT2D eigenvalue weighted by molar-refractivity contribution is 6.04. The molecule has 0 radical (unpaired) electrons. The molecule has 0 aliphatic rings. The van der Waals surface area contributed by atoms with Gasteiger partial charge in [-0.3, -0.25) is 9.20 Å². The van der Waals surface area contributed by atoms with Gasteiger partial charge in [0.15, 0.2) is 0 Å². The molecule has 0 spiro atoms. The number of nitrogens with one attached hydrogen (secondary N) is 1. The van der Waals surface area contributed by atoms with Crippen LogP contribution in [0.2, 0.25) is 0 Å². The number of aryl methyl sites for hydroxylation is 2. The molecule has 21 heavy (non-hydrogen) atoms. The van der Waals surface area contributed by atoms with Crippen LogP contribution in [0, 0.1) is 6.92 Å². The quantitative estimate of drug-likeness (QED) is 0.798. The molecule has 1 amide bonds. The maximum absolute atomic E-state index is 12.6. The molecule has 0 bridgehead atoms. The zero-order valence-corrected chi connectivity index (χ0v) is 12.1. The Kier molecular flexibility index (Phi) is 3.44. The molecule has 4 nitrogen and oxygen atoms in total. The third kappa shape index (κ3) is 2.52. The molecule has 0 unspecified atom stereocenters. The Balaban J connectivity index is 1.99. The summed E-state index contributed by atoms with van der Waals surface area (Å²) < 4.78 is 1.84. The molecule has 3 rings (SSSR count). The van der Waals surface area contributed by atoms with E-state index in [4.69, 9.17) is 0 Å². The lowest BCUT2D eigenvalue weighted by Crippen LogP contribution is -2.16. The van der Waals surface area contributed by atoms with Crippen LogP contribution in [-0.2, 0) is 6.42 Å². The summed E-state index contributed by atoms with van der Waals surface area (Å²) in [4.78, 5) is 17.1. The molecule has 0 saturated heterocycles. The van der Waals surface area contributed by atoms with Crippen LogP contribution in [0.5, 0.6) is 0 Å². The number of hydrogen-bond donors (Lipinski definition) is 1. The summed E-state index contributed by atoms with van der Waals surface area (Å²) in [5.41, 5.74) is 4.17. The highest BCUT2D eigenvalue weighted by atomic mass is 16.2. The average Bonchev–Trinajstić information content (AvgIpc) is 2.88. The third-order valence-electron chi connectivity index (χ3n) is 3.46. The van der Waals surface area contributed by atoms with E-state index in [2.05, 4.69) is 10.3 Å². The number of fused-ring (bicyclic) bond motifs is 1. The smallest absolute Gasteiger partial charge is 0.274 e. The number of carbonyl (C=O) groups excluding carboxylic acids is 1. The standard InChI is InChI=1S/C17H17N3O/c1-3-14-16(20-11-5-4-6-15(20)19-14)17(21)18-13-9-7-12(2)8-10-13/h4-11H,3H2,1-2H3,(H,18,21). The van der Waals surface area contributed by atoms with Crippen molar-refractivity contribution in [1.82, 2.24) is 9.38 Å². The van der Waals surface area contributed by atoms with Crippen LogP contribution in [0.3, 0.4) is 0 Å². The van der Waals surface area contributed by atoms with Crippen molar-refractivity contribution in [3.63, 3.8) is 0 Å². The predicted octanol–water partition coefficient (Wildman–Crippen LogP) is 3.46. The molecule has 0 saturated carbocycles. The minimum absolute atomic E-state index is 0.130. The van der Waals surface area contributed by atoms with Crippen molar-refractivity contribution in [1.29, 1.82) is 0 Å². The number of imidazole rings is 1. The van der Waals surface area contributed by atoms with Gasteiger partial charge in [-0.1, -0.05) is 30.7 Å². The largest absolute Gasteiger partial charge is 0.321 e. The lowest BCUT2D eigenvalue weighted by Gasteiger charge is -2.07. The SMILES string of the molecule is CCc1nc2ccccn2c1C(=O)Nc1ccc(C)cc1. The molecule has 106 valence electrons. The topological polar surface area (TPSA) is 46.4 Å². The number of benzene rings is 1. The molecule has 2 heterocycles. The van der Waals surface area contributed by atoms with Crippen LogP contribution >= 0.6 is 0 Å². The van der Waals surface area contributed by atoms with E-state index in [9.17, 15) is 4.79 Å². The number of anilines is 1. The highest BCUT2D eigenvalue weighted by Crippen LogP contribution is 2.16. The first-order chi connectivity index (χ1) is 10.2. The van der Waals surface area contributed by atoms with E-state index in [1.165, 1.54) is 0 Å². The highest BCUT2D eigenvalue weighted by Gasteiger charge is 2.17. The van der Waals surface area contributed by atoms with Crippen LogP contribution in [-0.4, -0.2) is 15.3 Å². The van der Waals surface area contributed by atoms with Crippen LogP contribution in [0.25, 0.3) is 5.65 Å². The van der Waals surface area contributed by atoms with E-state index in [1.54, 1.807) is 0 Å². The minimum atomic E-state index is -0.130. The van der Waals surface area contributed by atoms with Crippen molar-refractivity contribution in [2.75, 3.05) is 5.32 Å². The first-order valence-corrected chi connectivity index (χ1v) is 7.03. The second-order valence-electron chi connectivity index (χ2n) is 5.01. The second kappa shape index (κ2) is 5.40. The van der Waals surface area contributed by atoms with Crippen molar-refractivity contribution >= 4 is 17.2 Å². The first-order valence-electron chi connectivity index (χ1n) is 7.03. The van der Waals surface area contributed by atoms with E-state index < -0.39 is 0 Å². The molecule has 3 aromatic rings. The summed E-state index contributed by atoms with van der Waals surface area (Å²) in [7, 11) is 0. The molecular weight excluding hydrogens is 262 g/mol. The lowest BCUT2D eigenvalue weighted by atomic mass is 10.2. The number of aromatic nitrogens is 2. The van der Waals surface area contributed by atoms with Crippen molar-refractivity contribution < 1.29 is 4.79 Å². The molecule has 0 atom stereocenters. The number of carbonyl (C=O) groups is 1. The molecule has 2 aromatic heterocycles. The summed E-state index contributed by atoms with van der Waals surface area (Å²) >= 11 is 0. The molecule has 4 heteroatoms. The van der Waals surface area contributed by atoms with E-state index in [-0.39, 0.29) is 5.91 Å². The fourth-order valence-electron chi connectivity index (χ4n) is 2.36. The van der Waals surface area contributed by atoms with Crippen molar-refractivity contribution in [2.24, 2.45) is 0 Å². The Bertz CT molecular complexity index is 787. The van der Waals surface area contributed by atoms with E-state index in [0.29, 0.717) is 5.69 Å². The second-order valence-corrected chi connectivity index (χ2v) is 5.01. The van der Waals surface area contributed by atoms with Crippen molar-refractivity contribution in [2.45, 2.75) is 20.3 Å². The van der Waals surface area contributed by atoms with Gasteiger partial charge in [-0.25, -0.2) is 4.98 Å². The van der Waals surface area contributed by atoms with E-state index in [0.717, 1.165) is 29.0 Å². The van der Waals surface area contributed by atoms with Gasteiger partial charge in [0.1, 0.15) is 11.3 Å². The number of pyridine rings is 1. The Labute approximate surface area is 123 Å². The number of rotatable bonds is 3. The van der Waals surface area contributed by atoms with Gasteiger partial charge >= 0.3 is 0 Å². The van der Waals surface area contributed by atoms with Crippen LogP contribution in [0.15, 0.2) is 48.7 Å². The van der Waals surface area contributed by atoms with Crippen molar-refractivity contribution in [3.05, 3.63) is 65.6 Å². The Morgan fingerprint density at radius 1 is 1.19 bits per heavy atom. The summed E-state index contributed by atoms with van der Waals surface area (Å²) in [6.07, 6.45) is 2.59. The van der Waals surface area contributed by atoms with Gasteiger partial charge in [-0.2, -0.15) is 0 Å². The molecule has 0 aliphatic carbocycles. The molecular formula is C17H17N3O. The maximum atomic E-state index is 12.6. The Morgan fingerprint density at radius 2 is 1.95 bits per heavy atom. The van der Waals surface area contributed by atoms with Crippen molar-refractivity contribution in [3.8, 4) is 0 Å². The van der Waals surface area contributed by atoms with Gasteiger partial charge in [0.25, 0.3) is 5.91 Å². The fraction of sp³-hybridized carbons (Fsp3) is 0.176. The molecule has 0 fully saturated rings. The van der Waals surface area contributed by atoms with Crippen LogP contribution in [0.4, 0.5) is 5.69 Å². The molecule has 1 aromatic carbocycles. The summed E-state index contributed by atoms with van der Waals surface area (Å²) in [6.45, 7) is 4.02. The third-order valence-corrected chi connectivity index (χ3v) is 3.46. The lowest BCUT2D eigenvalue weighted by molar-refractivity contribution is 0.102. The summed E-state index contributed by atoms with van der Waals surface area (Å²) in [5.74, 6) is -0.130. The fourth-order valence-corrected chi connectivity index (χ4v) is 2.36. The number of nitrogens with zero attached hydrogens (tertiary/aromatic N) is 2. The van der Waals surface area contributed by atoms with Crippen LogP contribution < -0.4 is 5.32 Å².